The van der Waals surface area contributed by atoms with Gasteiger partial charge in [0.15, 0.2) is 0 Å². The van der Waals surface area contributed by atoms with Gasteiger partial charge >= 0.3 is 0 Å². The Balaban J connectivity index is 2.03. The van der Waals surface area contributed by atoms with Crippen molar-refractivity contribution in [3.63, 3.8) is 0 Å². The van der Waals surface area contributed by atoms with Crippen LogP contribution in [-0.4, -0.2) is 34.2 Å². The van der Waals surface area contributed by atoms with Gasteiger partial charge in [0, 0.05) is 34.9 Å². The first-order chi connectivity index (χ1) is 15.9. The summed E-state index contributed by atoms with van der Waals surface area (Å²) in [5.74, 6) is 0.163. The molecule has 0 aliphatic heterocycles. The zero-order valence-corrected chi connectivity index (χ0v) is 19.8. The Morgan fingerprint density at radius 2 is 1.79 bits per heavy atom. The fourth-order valence-corrected chi connectivity index (χ4v) is 3.96. The SMILES string of the molecule is CCCCC/C(C)=N/NC(=O)[C@H](CSCc1ccccc1)NC(=O)c1ccc([N+](=O)[O-])cc1. The highest BCUT2D eigenvalue weighted by Crippen LogP contribution is 2.15. The van der Waals surface area contributed by atoms with Gasteiger partial charge in [0.05, 0.1) is 4.92 Å². The van der Waals surface area contributed by atoms with Crippen molar-refractivity contribution in [3.8, 4) is 0 Å². The summed E-state index contributed by atoms with van der Waals surface area (Å²) >= 11 is 1.52. The zero-order valence-electron chi connectivity index (χ0n) is 19.0. The number of hydrogen-bond acceptors (Lipinski definition) is 6. The van der Waals surface area contributed by atoms with Crippen LogP contribution in [0.25, 0.3) is 0 Å². The van der Waals surface area contributed by atoms with Crippen molar-refractivity contribution in [1.82, 2.24) is 10.7 Å². The number of benzene rings is 2. The number of carbonyl (C=O) groups is 2. The molecule has 2 N–H and O–H groups in total. The number of nitrogens with zero attached hydrogens (tertiary/aromatic N) is 2. The van der Waals surface area contributed by atoms with Gasteiger partial charge in [0.1, 0.15) is 6.04 Å². The molecule has 0 spiro atoms. The van der Waals surface area contributed by atoms with Gasteiger partial charge < -0.3 is 5.32 Å². The van der Waals surface area contributed by atoms with Gasteiger partial charge in [-0.15, -0.1) is 0 Å². The normalized spacial score (nSPS) is 12.1. The molecule has 0 heterocycles. The van der Waals surface area contributed by atoms with Gasteiger partial charge in [-0.05, 0) is 37.5 Å². The maximum Gasteiger partial charge on any atom is 0.269 e. The van der Waals surface area contributed by atoms with Crippen molar-refractivity contribution < 1.29 is 14.5 Å². The highest BCUT2D eigenvalue weighted by molar-refractivity contribution is 7.98. The lowest BCUT2D eigenvalue weighted by Gasteiger charge is -2.17. The van der Waals surface area contributed by atoms with Crippen molar-refractivity contribution in [2.45, 2.75) is 51.3 Å². The number of thioether (sulfide) groups is 1. The molecule has 0 saturated carbocycles. The van der Waals surface area contributed by atoms with Crippen LogP contribution in [0, 0.1) is 10.1 Å². The second-order valence-corrected chi connectivity index (χ2v) is 8.64. The van der Waals surface area contributed by atoms with Crippen LogP contribution in [0.2, 0.25) is 0 Å². The third-order valence-corrected chi connectivity index (χ3v) is 5.96. The van der Waals surface area contributed by atoms with Crippen LogP contribution < -0.4 is 10.7 Å². The number of hydrazone groups is 1. The van der Waals surface area contributed by atoms with Crippen LogP contribution in [0.1, 0.15) is 55.5 Å². The van der Waals surface area contributed by atoms with E-state index in [-0.39, 0.29) is 11.3 Å². The van der Waals surface area contributed by atoms with Crippen LogP contribution in [0.3, 0.4) is 0 Å². The Morgan fingerprint density at radius 3 is 2.42 bits per heavy atom. The Kier molecular flexibility index (Phi) is 11.1. The van der Waals surface area contributed by atoms with E-state index in [9.17, 15) is 19.7 Å². The molecule has 176 valence electrons. The minimum atomic E-state index is -0.811. The maximum absolute atomic E-state index is 12.8. The van der Waals surface area contributed by atoms with Gasteiger partial charge in [0.25, 0.3) is 17.5 Å². The quantitative estimate of drug-likeness (QED) is 0.191. The fourth-order valence-electron chi connectivity index (χ4n) is 2.94. The van der Waals surface area contributed by atoms with Crippen molar-refractivity contribution in [2.75, 3.05) is 5.75 Å². The molecule has 0 aromatic heterocycles. The third kappa shape index (κ3) is 9.44. The number of nitrogens with one attached hydrogen (secondary N) is 2. The molecule has 0 aliphatic carbocycles. The van der Waals surface area contributed by atoms with Crippen LogP contribution in [-0.2, 0) is 10.5 Å². The summed E-state index contributed by atoms with van der Waals surface area (Å²) in [6.07, 6.45) is 4.02. The first-order valence-electron chi connectivity index (χ1n) is 10.9. The van der Waals surface area contributed by atoms with E-state index >= 15 is 0 Å². The molecule has 2 aromatic rings. The molecule has 2 aromatic carbocycles. The van der Waals surface area contributed by atoms with Crippen molar-refractivity contribution in [2.24, 2.45) is 5.10 Å². The number of nitro groups is 1. The molecular weight excluding hydrogens is 440 g/mol. The predicted molar refractivity (Wildman–Crippen MR) is 132 cm³/mol. The summed E-state index contributed by atoms with van der Waals surface area (Å²) < 4.78 is 0. The topological polar surface area (TPSA) is 114 Å². The van der Waals surface area contributed by atoms with Crippen molar-refractivity contribution >= 4 is 35.0 Å². The molecule has 0 saturated heterocycles. The Morgan fingerprint density at radius 1 is 1.09 bits per heavy atom. The molecule has 2 rings (SSSR count). The number of unbranched alkanes of at least 4 members (excludes halogenated alkanes) is 2. The monoisotopic (exact) mass is 470 g/mol. The van der Waals surface area contributed by atoms with Crippen molar-refractivity contribution in [1.29, 1.82) is 0 Å². The molecule has 0 bridgehead atoms. The first-order valence-corrected chi connectivity index (χ1v) is 12.1. The lowest BCUT2D eigenvalue weighted by molar-refractivity contribution is -0.384. The molecule has 33 heavy (non-hydrogen) atoms. The number of amides is 2. The van der Waals surface area contributed by atoms with Gasteiger partial charge in [-0.1, -0.05) is 50.1 Å². The minimum Gasteiger partial charge on any atom is -0.339 e. The fraction of sp³-hybridized carbons (Fsp3) is 0.375. The smallest absolute Gasteiger partial charge is 0.269 e. The van der Waals surface area contributed by atoms with Crippen molar-refractivity contribution in [3.05, 3.63) is 75.8 Å². The van der Waals surface area contributed by atoms with Crippen LogP contribution in [0.15, 0.2) is 59.7 Å². The predicted octanol–water partition coefficient (Wildman–Crippen LogP) is 4.70. The number of nitro benzene ring substituents is 1. The molecule has 8 nitrogen and oxygen atoms in total. The average Bonchev–Trinajstić information content (AvgIpc) is 2.82. The summed E-state index contributed by atoms with van der Waals surface area (Å²) in [4.78, 5) is 35.8. The second-order valence-electron chi connectivity index (χ2n) is 7.61. The second kappa shape index (κ2) is 14.1. The highest BCUT2D eigenvalue weighted by atomic mass is 32.2. The summed E-state index contributed by atoms with van der Waals surface area (Å²) in [6.45, 7) is 3.99. The maximum atomic E-state index is 12.8. The molecule has 0 unspecified atom stereocenters. The standard InChI is InChI=1S/C24H30N4O4S/c1-3-4-6-9-18(2)26-27-24(30)22(17-33-16-19-10-7-5-8-11-19)25-23(29)20-12-14-21(15-13-20)28(31)32/h5,7-8,10-15,22H,3-4,6,9,16-17H2,1-2H3,(H,25,29)(H,27,30)/b26-18+/t22-/m0/s1. The summed E-state index contributed by atoms with van der Waals surface area (Å²) in [7, 11) is 0. The van der Waals surface area contributed by atoms with Crippen LogP contribution in [0.5, 0.6) is 0 Å². The largest absolute Gasteiger partial charge is 0.339 e. The molecule has 2 amide bonds. The van der Waals surface area contributed by atoms with E-state index in [0.717, 1.165) is 37.0 Å². The summed E-state index contributed by atoms with van der Waals surface area (Å²) in [5.41, 5.74) is 4.65. The number of carbonyl (C=O) groups excluding carboxylic acids is 2. The van der Waals surface area contributed by atoms with Gasteiger partial charge in [0.2, 0.25) is 0 Å². The third-order valence-electron chi connectivity index (χ3n) is 4.86. The van der Waals surface area contributed by atoms with E-state index < -0.39 is 22.8 Å². The van der Waals surface area contributed by atoms with E-state index in [4.69, 9.17) is 0 Å². The summed E-state index contributed by atoms with van der Waals surface area (Å²) in [5, 5.41) is 17.7. The number of non-ortho nitro benzene ring substituents is 1. The average molecular weight is 471 g/mol. The minimum absolute atomic E-state index is 0.104. The van der Waals surface area contributed by atoms with Gasteiger partial charge in [-0.25, -0.2) is 5.43 Å². The van der Waals surface area contributed by atoms with Gasteiger partial charge in [-0.2, -0.15) is 16.9 Å². The molecule has 1 atom stereocenters. The van der Waals surface area contributed by atoms with Crippen LogP contribution >= 0.6 is 11.8 Å². The molecule has 0 fully saturated rings. The van der Waals surface area contributed by atoms with E-state index in [1.165, 1.54) is 36.0 Å². The first kappa shape index (κ1) is 26.1. The van der Waals surface area contributed by atoms with E-state index in [2.05, 4.69) is 22.8 Å². The zero-order chi connectivity index (χ0) is 24.1. The van der Waals surface area contributed by atoms with E-state index in [0.29, 0.717) is 11.5 Å². The molecule has 0 radical (unpaired) electrons. The lowest BCUT2D eigenvalue weighted by atomic mass is 10.1. The Hall–Kier alpha value is -3.20. The summed E-state index contributed by atoms with van der Waals surface area (Å²) in [6, 6.07) is 14.3. The molecule has 9 heteroatoms. The molecular formula is C24H30N4O4S. The van der Waals surface area contributed by atoms with E-state index in [1.54, 1.807) is 0 Å². The van der Waals surface area contributed by atoms with E-state index in [1.807, 2.05) is 37.3 Å². The van der Waals surface area contributed by atoms with Gasteiger partial charge in [-0.3, -0.25) is 19.7 Å². The molecule has 0 aliphatic rings. The highest BCUT2D eigenvalue weighted by Gasteiger charge is 2.22. The Bertz CT molecular complexity index is 949. The number of hydrogen-bond donors (Lipinski definition) is 2. The number of rotatable bonds is 13. The Labute approximate surface area is 198 Å². The lowest BCUT2D eigenvalue weighted by Crippen LogP contribution is -2.47. The van der Waals surface area contributed by atoms with Crippen LogP contribution in [0.4, 0.5) is 5.69 Å².